The second-order valence-electron chi connectivity index (χ2n) is 4.93. The highest BCUT2D eigenvalue weighted by Crippen LogP contribution is 2.35. The van der Waals surface area contributed by atoms with Crippen molar-refractivity contribution in [3.8, 4) is 0 Å². The standard InChI is InChI=1S/C11H16N4O2S/c1-7-6-9(10(16)17-7)18-11-12-13-14-15(11)8-4-2-3-5-8/h7-9H,2-6H2,1H3/t7-,9-/m1/s1. The maximum Gasteiger partial charge on any atom is 0.319 e. The molecule has 1 aliphatic heterocycles. The summed E-state index contributed by atoms with van der Waals surface area (Å²) in [5, 5.41) is 12.4. The van der Waals surface area contributed by atoms with E-state index in [-0.39, 0.29) is 17.3 Å². The van der Waals surface area contributed by atoms with Crippen LogP contribution in [0.4, 0.5) is 0 Å². The zero-order chi connectivity index (χ0) is 12.5. The molecule has 1 aromatic rings. The third-order valence-electron chi connectivity index (χ3n) is 3.51. The molecule has 1 aliphatic carbocycles. The van der Waals surface area contributed by atoms with E-state index in [0.29, 0.717) is 6.04 Å². The molecular weight excluding hydrogens is 252 g/mol. The first kappa shape index (κ1) is 12.0. The molecule has 0 N–H and O–H groups in total. The number of tetrazole rings is 1. The maximum atomic E-state index is 11.6. The van der Waals surface area contributed by atoms with Crippen LogP contribution >= 0.6 is 11.8 Å². The number of hydrogen-bond donors (Lipinski definition) is 0. The van der Waals surface area contributed by atoms with Gasteiger partial charge in [-0.3, -0.25) is 4.79 Å². The van der Waals surface area contributed by atoms with Crippen molar-refractivity contribution in [2.45, 2.75) is 61.6 Å². The number of carbonyl (C=O) groups excluding carboxylic acids is 1. The number of carbonyl (C=O) groups is 1. The minimum atomic E-state index is -0.161. The topological polar surface area (TPSA) is 69.9 Å². The fourth-order valence-electron chi connectivity index (χ4n) is 2.58. The summed E-state index contributed by atoms with van der Waals surface area (Å²) in [4.78, 5) is 11.6. The molecule has 0 spiro atoms. The molecule has 7 heteroatoms. The first-order valence-corrected chi connectivity index (χ1v) is 7.27. The van der Waals surface area contributed by atoms with Crippen molar-refractivity contribution in [2.24, 2.45) is 0 Å². The molecule has 0 aromatic carbocycles. The van der Waals surface area contributed by atoms with Crippen molar-refractivity contribution in [1.29, 1.82) is 0 Å². The summed E-state index contributed by atoms with van der Waals surface area (Å²) >= 11 is 1.44. The van der Waals surface area contributed by atoms with Crippen LogP contribution in [0.1, 0.15) is 45.1 Å². The number of aromatic nitrogens is 4. The van der Waals surface area contributed by atoms with E-state index < -0.39 is 0 Å². The third-order valence-corrected chi connectivity index (χ3v) is 4.66. The first-order chi connectivity index (χ1) is 8.74. The van der Waals surface area contributed by atoms with Crippen molar-refractivity contribution in [1.82, 2.24) is 20.2 Å². The van der Waals surface area contributed by atoms with Gasteiger partial charge >= 0.3 is 5.97 Å². The quantitative estimate of drug-likeness (QED) is 0.775. The summed E-state index contributed by atoms with van der Waals surface area (Å²) in [6.45, 7) is 1.92. The number of esters is 1. The number of thioether (sulfide) groups is 1. The first-order valence-electron chi connectivity index (χ1n) is 6.39. The summed E-state index contributed by atoms with van der Waals surface area (Å²) in [5.74, 6) is -0.145. The molecule has 6 nitrogen and oxygen atoms in total. The Morgan fingerprint density at radius 3 is 2.83 bits per heavy atom. The van der Waals surface area contributed by atoms with Gasteiger partial charge in [-0.1, -0.05) is 24.6 Å². The molecule has 3 rings (SSSR count). The molecule has 0 unspecified atom stereocenters. The summed E-state index contributed by atoms with van der Waals surface area (Å²) in [6, 6.07) is 0.400. The van der Waals surface area contributed by atoms with Gasteiger partial charge in [-0.05, 0) is 30.2 Å². The van der Waals surface area contributed by atoms with E-state index >= 15 is 0 Å². The second-order valence-corrected chi connectivity index (χ2v) is 6.10. The van der Waals surface area contributed by atoms with E-state index in [1.807, 2.05) is 11.6 Å². The summed E-state index contributed by atoms with van der Waals surface area (Å²) in [5.41, 5.74) is 0. The molecule has 1 saturated carbocycles. The highest BCUT2D eigenvalue weighted by molar-refractivity contribution is 8.00. The normalized spacial score (nSPS) is 28.8. The Hall–Kier alpha value is -1.11. The molecule has 2 heterocycles. The second kappa shape index (κ2) is 4.87. The van der Waals surface area contributed by atoms with E-state index in [9.17, 15) is 4.79 Å². The van der Waals surface area contributed by atoms with E-state index in [2.05, 4.69) is 15.5 Å². The van der Waals surface area contributed by atoms with Gasteiger partial charge in [-0.15, -0.1) is 5.10 Å². The predicted molar refractivity (Wildman–Crippen MR) is 65.1 cm³/mol. The lowest BCUT2D eigenvalue weighted by molar-refractivity contribution is -0.140. The largest absolute Gasteiger partial charge is 0.462 e. The molecule has 1 aromatic heterocycles. The Labute approximate surface area is 109 Å². The zero-order valence-electron chi connectivity index (χ0n) is 10.3. The van der Waals surface area contributed by atoms with Crippen molar-refractivity contribution < 1.29 is 9.53 Å². The third kappa shape index (κ3) is 2.23. The highest BCUT2D eigenvalue weighted by atomic mass is 32.2. The number of hydrogen-bond acceptors (Lipinski definition) is 6. The molecular formula is C11H16N4O2S. The minimum absolute atomic E-state index is 0.00538. The average molecular weight is 268 g/mol. The molecule has 2 atom stereocenters. The Balaban J connectivity index is 1.73. The SMILES string of the molecule is C[C@@H]1C[C@@H](Sc2nnnn2C2CCCC2)C(=O)O1. The van der Waals surface area contributed by atoms with E-state index in [0.717, 1.165) is 24.4 Å². The van der Waals surface area contributed by atoms with Crippen LogP contribution in [0, 0.1) is 0 Å². The fraction of sp³-hybridized carbons (Fsp3) is 0.818. The zero-order valence-corrected chi connectivity index (χ0v) is 11.1. The van der Waals surface area contributed by atoms with Gasteiger partial charge in [0, 0.05) is 6.42 Å². The lowest BCUT2D eigenvalue weighted by Gasteiger charge is -2.11. The van der Waals surface area contributed by atoms with Crippen LogP contribution in [-0.2, 0) is 9.53 Å². The molecule has 0 bridgehead atoms. The van der Waals surface area contributed by atoms with Gasteiger partial charge in [0.15, 0.2) is 0 Å². The highest BCUT2D eigenvalue weighted by Gasteiger charge is 2.34. The number of rotatable bonds is 3. The number of ether oxygens (including phenoxy) is 1. The van der Waals surface area contributed by atoms with Crippen molar-refractivity contribution >= 4 is 17.7 Å². The molecule has 2 fully saturated rings. The summed E-state index contributed by atoms with van der Waals surface area (Å²) < 4.78 is 7.03. The lowest BCUT2D eigenvalue weighted by Crippen LogP contribution is -2.13. The smallest absolute Gasteiger partial charge is 0.319 e. The van der Waals surface area contributed by atoms with Gasteiger partial charge in [0.2, 0.25) is 5.16 Å². The Bertz CT molecular complexity index is 444. The minimum Gasteiger partial charge on any atom is -0.462 e. The van der Waals surface area contributed by atoms with Crippen LogP contribution in [0.2, 0.25) is 0 Å². The predicted octanol–water partition coefficient (Wildman–Crippen LogP) is 1.58. The van der Waals surface area contributed by atoms with Crippen molar-refractivity contribution in [3.05, 3.63) is 0 Å². The van der Waals surface area contributed by atoms with E-state index in [4.69, 9.17) is 4.74 Å². The number of nitrogens with zero attached hydrogens (tertiary/aromatic N) is 4. The summed E-state index contributed by atoms with van der Waals surface area (Å²) in [6.07, 6.45) is 5.47. The molecule has 2 aliphatic rings. The van der Waals surface area contributed by atoms with Crippen LogP contribution in [0.3, 0.4) is 0 Å². The van der Waals surface area contributed by atoms with Gasteiger partial charge in [-0.25, -0.2) is 4.68 Å². The molecule has 0 radical (unpaired) electrons. The van der Waals surface area contributed by atoms with Gasteiger partial charge in [0.05, 0.1) is 6.04 Å². The molecule has 0 amide bonds. The van der Waals surface area contributed by atoms with Crippen LogP contribution in [0.5, 0.6) is 0 Å². The summed E-state index contributed by atoms with van der Waals surface area (Å²) in [7, 11) is 0. The molecule has 18 heavy (non-hydrogen) atoms. The molecule has 1 saturated heterocycles. The Morgan fingerprint density at radius 1 is 1.39 bits per heavy atom. The van der Waals surface area contributed by atoms with Crippen LogP contribution in [0.15, 0.2) is 5.16 Å². The van der Waals surface area contributed by atoms with Crippen LogP contribution in [-0.4, -0.2) is 37.5 Å². The average Bonchev–Trinajstić information content (AvgIpc) is 3.01. The van der Waals surface area contributed by atoms with Crippen LogP contribution in [0.25, 0.3) is 0 Å². The lowest BCUT2D eigenvalue weighted by atomic mass is 10.3. The van der Waals surface area contributed by atoms with Gasteiger partial charge in [-0.2, -0.15) is 0 Å². The number of cyclic esters (lactones) is 1. The Kier molecular flexibility index (Phi) is 3.23. The maximum absolute atomic E-state index is 11.6. The van der Waals surface area contributed by atoms with Gasteiger partial charge < -0.3 is 4.74 Å². The van der Waals surface area contributed by atoms with Crippen LogP contribution < -0.4 is 0 Å². The van der Waals surface area contributed by atoms with E-state index in [1.165, 1.54) is 24.6 Å². The monoisotopic (exact) mass is 268 g/mol. The van der Waals surface area contributed by atoms with Crippen molar-refractivity contribution in [2.75, 3.05) is 0 Å². The Morgan fingerprint density at radius 2 is 2.17 bits per heavy atom. The molecule has 98 valence electrons. The fourth-order valence-corrected chi connectivity index (χ4v) is 3.74. The van der Waals surface area contributed by atoms with E-state index in [1.54, 1.807) is 0 Å². The van der Waals surface area contributed by atoms with Gasteiger partial charge in [0.1, 0.15) is 11.4 Å². The van der Waals surface area contributed by atoms with Crippen molar-refractivity contribution in [3.63, 3.8) is 0 Å². The van der Waals surface area contributed by atoms with Gasteiger partial charge in [0.25, 0.3) is 0 Å².